The zero-order chi connectivity index (χ0) is 15.1. The SMILES string of the molecule is Cc1cc(F)c(NS(=O)(=O)c2sc(N)nc2C)cc1F. The van der Waals surface area contributed by atoms with E-state index < -0.39 is 27.3 Å². The molecule has 0 aliphatic carbocycles. The van der Waals surface area contributed by atoms with Gasteiger partial charge in [-0.15, -0.1) is 0 Å². The van der Waals surface area contributed by atoms with Crippen LogP contribution in [0, 0.1) is 25.5 Å². The van der Waals surface area contributed by atoms with E-state index in [1.165, 1.54) is 13.8 Å². The van der Waals surface area contributed by atoms with Gasteiger partial charge < -0.3 is 5.73 Å². The summed E-state index contributed by atoms with van der Waals surface area (Å²) < 4.78 is 53.1. The van der Waals surface area contributed by atoms with Crippen molar-refractivity contribution in [2.45, 2.75) is 18.1 Å². The Hall–Kier alpha value is -1.74. The van der Waals surface area contributed by atoms with Crippen molar-refractivity contribution in [2.75, 3.05) is 10.5 Å². The molecule has 1 aromatic carbocycles. The van der Waals surface area contributed by atoms with Gasteiger partial charge in [-0.25, -0.2) is 22.2 Å². The molecular weight excluding hydrogens is 308 g/mol. The number of thiazole rings is 1. The molecule has 9 heteroatoms. The Bertz CT molecular complexity index is 772. The average molecular weight is 319 g/mol. The Labute approximate surface area is 118 Å². The summed E-state index contributed by atoms with van der Waals surface area (Å²) in [5.74, 6) is -1.56. The molecule has 0 atom stereocenters. The van der Waals surface area contributed by atoms with Gasteiger partial charge in [-0.2, -0.15) is 0 Å². The number of nitrogens with zero attached hydrogens (tertiary/aromatic N) is 1. The summed E-state index contributed by atoms with van der Waals surface area (Å²) >= 11 is 0.754. The lowest BCUT2D eigenvalue weighted by atomic mass is 10.2. The average Bonchev–Trinajstić information content (AvgIpc) is 2.66. The number of aryl methyl sites for hydroxylation is 2. The third-order valence-electron chi connectivity index (χ3n) is 2.51. The van der Waals surface area contributed by atoms with Gasteiger partial charge in [0.2, 0.25) is 0 Å². The van der Waals surface area contributed by atoms with Crippen LogP contribution in [0.5, 0.6) is 0 Å². The van der Waals surface area contributed by atoms with E-state index in [2.05, 4.69) is 4.98 Å². The van der Waals surface area contributed by atoms with Gasteiger partial charge in [-0.1, -0.05) is 11.3 Å². The molecule has 0 bridgehead atoms. The van der Waals surface area contributed by atoms with Crippen molar-refractivity contribution in [1.82, 2.24) is 4.98 Å². The summed E-state index contributed by atoms with van der Waals surface area (Å²) in [6, 6.07) is 1.71. The molecule has 0 saturated carbocycles. The molecule has 5 nitrogen and oxygen atoms in total. The van der Waals surface area contributed by atoms with Crippen molar-refractivity contribution in [3.05, 3.63) is 35.0 Å². The minimum atomic E-state index is -4.06. The van der Waals surface area contributed by atoms with Gasteiger partial charge in [0, 0.05) is 6.07 Å². The molecule has 0 fully saturated rings. The minimum absolute atomic E-state index is 0.0819. The van der Waals surface area contributed by atoms with Gasteiger partial charge in [0.25, 0.3) is 10.0 Å². The predicted octanol–water partition coefficient (Wildman–Crippen LogP) is 2.42. The number of nitrogen functional groups attached to an aromatic ring is 1. The second-order valence-electron chi connectivity index (χ2n) is 4.11. The van der Waals surface area contributed by atoms with E-state index in [0.717, 1.165) is 23.5 Å². The van der Waals surface area contributed by atoms with Crippen molar-refractivity contribution >= 4 is 32.2 Å². The van der Waals surface area contributed by atoms with Crippen LogP contribution in [0.1, 0.15) is 11.3 Å². The van der Waals surface area contributed by atoms with Crippen LogP contribution in [-0.2, 0) is 10.0 Å². The quantitative estimate of drug-likeness (QED) is 0.910. The Balaban J connectivity index is 2.43. The number of anilines is 2. The highest BCUT2D eigenvalue weighted by molar-refractivity contribution is 7.94. The number of nitrogens with two attached hydrogens (primary N) is 1. The fraction of sp³-hybridized carbons (Fsp3) is 0.182. The van der Waals surface area contributed by atoms with Crippen LogP contribution >= 0.6 is 11.3 Å². The molecule has 3 N–H and O–H groups in total. The maximum absolute atomic E-state index is 13.7. The summed E-state index contributed by atoms with van der Waals surface area (Å²) in [6.07, 6.45) is 0. The molecule has 0 aliphatic heterocycles. The van der Waals surface area contributed by atoms with Gasteiger partial charge in [0.05, 0.1) is 11.4 Å². The maximum atomic E-state index is 13.7. The highest BCUT2D eigenvalue weighted by atomic mass is 32.2. The molecule has 2 aromatic rings. The molecular formula is C11H11F2N3O2S2. The van der Waals surface area contributed by atoms with E-state index in [-0.39, 0.29) is 20.6 Å². The normalized spacial score (nSPS) is 11.6. The molecule has 2 rings (SSSR count). The Kier molecular flexibility index (Phi) is 3.65. The molecule has 1 aromatic heterocycles. The molecule has 0 amide bonds. The van der Waals surface area contributed by atoms with E-state index in [9.17, 15) is 17.2 Å². The number of benzene rings is 1. The predicted molar refractivity (Wildman–Crippen MR) is 73.2 cm³/mol. The number of sulfonamides is 1. The lowest BCUT2D eigenvalue weighted by Gasteiger charge is -2.09. The summed E-state index contributed by atoms with van der Waals surface area (Å²) in [4.78, 5) is 3.78. The van der Waals surface area contributed by atoms with Crippen molar-refractivity contribution in [1.29, 1.82) is 0 Å². The number of rotatable bonds is 3. The number of aromatic nitrogens is 1. The van der Waals surface area contributed by atoms with Crippen LogP contribution < -0.4 is 10.5 Å². The minimum Gasteiger partial charge on any atom is -0.375 e. The topological polar surface area (TPSA) is 85.1 Å². The van der Waals surface area contributed by atoms with Gasteiger partial charge in [0.15, 0.2) is 9.34 Å². The highest BCUT2D eigenvalue weighted by Gasteiger charge is 2.23. The van der Waals surface area contributed by atoms with Crippen molar-refractivity contribution in [2.24, 2.45) is 0 Å². The van der Waals surface area contributed by atoms with Crippen LogP contribution in [0.2, 0.25) is 0 Å². The molecule has 1 heterocycles. The van der Waals surface area contributed by atoms with Crippen molar-refractivity contribution in [3.63, 3.8) is 0 Å². The molecule has 20 heavy (non-hydrogen) atoms. The second-order valence-corrected chi connectivity index (χ2v) is 7.02. The molecule has 0 spiro atoms. The highest BCUT2D eigenvalue weighted by Crippen LogP contribution is 2.28. The number of hydrogen-bond donors (Lipinski definition) is 2. The molecule has 0 radical (unpaired) electrons. The van der Waals surface area contributed by atoms with Gasteiger partial charge in [-0.05, 0) is 25.5 Å². The van der Waals surface area contributed by atoms with Crippen LogP contribution in [-0.4, -0.2) is 13.4 Å². The van der Waals surface area contributed by atoms with Crippen LogP contribution in [0.15, 0.2) is 16.3 Å². The molecule has 0 aliphatic rings. The summed E-state index contributed by atoms with van der Waals surface area (Å²) in [6.45, 7) is 2.85. The third-order valence-corrected chi connectivity index (χ3v) is 5.47. The van der Waals surface area contributed by atoms with E-state index >= 15 is 0 Å². The lowest BCUT2D eigenvalue weighted by Crippen LogP contribution is -2.14. The Morgan fingerprint density at radius 3 is 2.45 bits per heavy atom. The van der Waals surface area contributed by atoms with Crippen molar-refractivity contribution in [3.8, 4) is 0 Å². The first kappa shape index (κ1) is 14.7. The van der Waals surface area contributed by atoms with Crippen LogP contribution in [0.4, 0.5) is 19.6 Å². The summed E-state index contributed by atoms with van der Waals surface area (Å²) in [5, 5.41) is 0.0819. The first-order valence-electron chi connectivity index (χ1n) is 5.42. The zero-order valence-corrected chi connectivity index (χ0v) is 12.2. The van der Waals surface area contributed by atoms with E-state index in [0.29, 0.717) is 0 Å². The molecule has 108 valence electrons. The number of hydrogen-bond acceptors (Lipinski definition) is 5. The van der Waals surface area contributed by atoms with E-state index in [1.54, 1.807) is 0 Å². The zero-order valence-electron chi connectivity index (χ0n) is 10.6. The monoisotopic (exact) mass is 319 g/mol. The van der Waals surface area contributed by atoms with Crippen LogP contribution in [0.25, 0.3) is 0 Å². The first-order valence-corrected chi connectivity index (χ1v) is 7.72. The second kappa shape index (κ2) is 4.98. The van der Waals surface area contributed by atoms with Crippen LogP contribution in [0.3, 0.4) is 0 Å². The van der Waals surface area contributed by atoms with E-state index in [4.69, 9.17) is 5.73 Å². The smallest absolute Gasteiger partial charge is 0.273 e. The fourth-order valence-electron chi connectivity index (χ4n) is 1.57. The number of halogens is 2. The lowest BCUT2D eigenvalue weighted by molar-refractivity contribution is 0.591. The molecule has 0 saturated heterocycles. The summed E-state index contributed by atoms with van der Waals surface area (Å²) in [7, 11) is -4.06. The first-order chi connectivity index (χ1) is 9.20. The standard InChI is InChI=1S/C11H11F2N3O2S2/c1-5-3-8(13)9(4-7(5)12)16-20(17,18)10-6(2)15-11(14)19-10/h3-4,16H,1-2H3,(H2,14,15). The Morgan fingerprint density at radius 2 is 1.90 bits per heavy atom. The van der Waals surface area contributed by atoms with Crippen molar-refractivity contribution < 1.29 is 17.2 Å². The number of nitrogens with one attached hydrogen (secondary N) is 1. The van der Waals surface area contributed by atoms with Gasteiger partial charge in [-0.3, -0.25) is 4.72 Å². The molecule has 0 unspecified atom stereocenters. The summed E-state index contributed by atoms with van der Waals surface area (Å²) in [5.41, 5.74) is 5.25. The van der Waals surface area contributed by atoms with Gasteiger partial charge >= 0.3 is 0 Å². The fourth-order valence-corrected chi connectivity index (χ4v) is 3.93. The van der Waals surface area contributed by atoms with Gasteiger partial charge in [0.1, 0.15) is 11.6 Å². The van der Waals surface area contributed by atoms with E-state index in [1.807, 2.05) is 4.72 Å². The Morgan fingerprint density at radius 1 is 1.25 bits per heavy atom. The third kappa shape index (κ3) is 2.73. The maximum Gasteiger partial charge on any atom is 0.273 e. The largest absolute Gasteiger partial charge is 0.375 e.